The largest absolute Gasteiger partial charge is 2.00 e. The van der Waals surface area contributed by atoms with Crippen molar-refractivity contribution >= 4 is 21.8 Å². The van der Waals surface area contributed by atoms with E-state index >= 15 is 0 Å². The average Bonchev–Trinajstić information content (AvgIpc) is 3.57. The minimum absolute atomic E-state index is 0. The van der Waals surface area contributed by atoms with Gasteiger partial charge in [0, 0.05) is 34.5 Å². The second kappa shape index (κ2) is 13.2. The second-order valence-electron chi connectivity index (χ2n) is 12.9. The molecule has 0 aliphatic heterocycles. The molecule has 6 heteroatoms. The smallest absolute Gasteiger partial charge is 0.509 e. The Hall–Kier alpha value is -5.28. The molecule has 0 saturated heterocycles. The Morgan fingerprint density at radius 1 is 0.620 bits per heavy atom. The summed E-state index contributed by atoms with van der Waals surface area (Å²) in [7, 11) is 0. The summed E-state index contributed by atoms with van der Waals surface area (Å²) in [6.07, 6.45) is 1.87. The number of hydrogen-bond acceptors (Lipinski definition) is 3. The molecule has 0 unspecified atom stereocenters. The van der Waals surface area contributed by atoms with Gasteiger partial charge in [0.25, 0.3) is 0 Å². The second-order valence-corrected chi connectivity index (χ2v) is 12.9. The molecule has 8 rings (SSSR count). The van der Waals surface area contributed by atoms with Crippen LogP contribution in [0.15, 0.2) is 109 Å². The van der Waals surface area contributed by atoms with Gasteiger partial charge in [0.15, 0.2) is 0 Å². The molecule has 0 aliphatic carbocycles. The van der Waals surface area contributed by atoms with Crippen LogP contribution in [0.25, 0.3) is 55.6 Å². The van der Waals surface area contributed by atoms with E-state index in [1.165, 1.54) is 27.8 Å². The minimum atomic E-state index is 0. The number of benzene rings is 5. The van der Waals surface area contributed by atoms with Crippen LogP contribution < -0.4 is 4.74 Å². The summed E-state index contributed by atoms with van der Waals surface area (Å²) in [5.41, 5.74) is 14.4. The molecule has 50 heavy (non-hydrogen) atoms. The van der Waals surface area contributed by atoms with E-state index in [9.17, 15) is 0 Å². The zero-order valence-corrected chi connectivity index (χ0v) is 30.5. The van der Waals surface area contributed by atoms with Gasteiger partial charge in [-0.05, 0) is 91.7 Å². The van der Waals surface area contributed by atoms with Crippen LogP contribution in [0.1, 0.15) is 33.6 Å². The Morgan fingerprint density at radius 3 is 2.12 bits per heavy atom. The van der Waals surface area contributed by atoms with Gasteiger partial charge < -0.3 is 9.30 Å². The van der Waals surface area contributed by atoms with Crippen molar-refractivity contribution in [1.82, 2.24) is 19.3 Å². The molecule has 0 amide bonds. The first-order chi connectivity index (χ1) is 23.7. The number of nitrogens with zero attached hydrogens (tertiary/aromatic N) is 4. The van der Waals surface area contributed by atoms with Crippen LogP contribution in [0.2, 0.25) is 0 Å². The maximum absolute atomic E-state index is 6.54. The molecule has 5 aromatic carbocycles. The number of aryl methyl sites for hydroxylation is 5. The Kier molecular flexibility index (Phi) is 8.78. The predicted molar refractivity (Wildman–Crippen MR) is 199 cm³/mol. The van der Waals surface area contributed by atoms with Gasteiger partial charge >= 0.3 is 20.4 Å². The van der Waals surface area contributed by atoms with Crippen molar-refractivity contribution in [2.75, 3.05) is 0 Å². The van der Waals surface area contributed by atoms with Gasteiger partial charge in [-0.15, -0.1) is 35.7 Å². The molecule has 3 heterocycles. The topological polar surface area (TPSA) is 44.9 Å². The van der Waals surface area contributed by atoms with Gasteiger partial charge in [-0.2, -0.15) is 16.7 Å². The van der Waals surface area contributed by atoms with Gasteiger partial charge in [-0.25, -0.2) is 4.98 Å². The molecular weight excluding hydrogens is 707 g/mol. The van der Waals surface area contributed by atoms with Gasteiger partial charge in [-0.1, -0.05) is 78.7 Å². The van der Waals surface area contributed by atoms with Crippen molar-refractivity contribution < 1.29 is 25.2 Å². The molecule has 0 radical (unpaired) electrons. The van der Waals surface area contributed by atoms with Crippen LogP contribution in [0.5, 0.6) is 11.5 Å². The number of hydrogen-bond donors (Lipinski definition) is 0. The average molecular weight is 743 g/mol. The van der Waals surface area contributed by atoms with E-state index in [1.807, 2.05) is 35.1 Å². The molecule has 8 aromatic rings. The van der Waals surface area contributed by atoms with E-state index in [-0.39, 0.29) is 20.4 Å². The predicted octanol–water partition coefficient (Wildman–Crippen LogP) is 10.9. The van der Waals surface area contributed by atoms with Crippen LogP contribution >= 0.6 is 0 Å². The molecule has 5 nitrogen and oxygen atoms in total. The molecule has 0 spiro atoms. The molecule has 3 aromatic heterocycles. The normalized spacial score (nSPS) is 11.2. The Bertz CT molecular complexity index is 2520. The van der Waals surface area contributed by atoms with E-state index in [0.29, 0.717) is 11.5 Å². The minimum Gasteiger partial charge on any atom is -0.509 e. The van der Waals surface area contributed by atoms with E-state index in [4.69, 9.17) is 14.8 Å². The number of fused-ring (bicyclic) bond motifs is 3. The monoisotopic (exact) mass is 742 g/mol. The van der Waals surface area contributed by atoms with Gasteiger partial charge in [-0.3, -0.25) is 4.68 Å². The third kappa shape index (κ3) is 5.85. The molecule has 0 saturated carbocycles. The fourth-order valence-electron chi connectivity index (χ4n) is 7.29. The zero-order valence-electron chi connectivity index (χ0n) is 28.9. The van der Waals surface area contributed by atoms with Crippen LogP contribution in [-0.4, -0.2) is 19.3 Å². The van der Waals surface area contributed by atoms with Crippen LogP contribution in [0.3, 0.4) is 0 Å². The van der Waals surface area contributed by atoms with Gasteiger partial charge in [0.1, 0.15) is 5.82 Å². The van der Waals surface area contributed by atoms with E-state index in [1.54, 1.807) is 0 Å². The zero-order chi connectivity index (χ0) is 33.8. The number of pyridine rings is 1. The number of aromatic nitrogens is 4. The quantitative estimate of drug-likeness (QED) is 0.126. The first kappa shape index (κ1) is 33.2. The summed E-state index contributed by atoms with van der Waals surface area (Å²) < 4.78 is 10.7. The van der Waals surface area contributed by atoms with Gasteiger partial charge in [0.05, 0.1) is 5.69 Å². The van der Waals surface area contributed by atoms with Crippen LogP contribution in [-0.2, 0) is 20.4 Å². The summed E-state index contributed by atoms with van der Waals surface area (Å²) in [6, 6.07) is 42.7. The SMILES string of the molecule is Cc1cc(Oc2[c-]c3c(cc2)c2ccccc2n3-c2cc(-c3ccccc3)ccn2)[c-]c(-n2nc(C)c(-c3c(C)cc(C)cc3C)c2C)c1.[Pd+2]. The molecule has 0 fully saturated rings. The van der Waals surface area contributed by atoms with E-state index in [2.05, 4.69) is 137 Å². The standard InChI is InChI=1S/C44H36N4O.Pd/c1-27-20-29(3)43(30(4)21-27)44-31(5)46-48(32(44)6)35-22-28(2)23-37(25-35)49-36-16-17-39-38-14-10-11-15-40(38)47(41(39)26-36)42-24-34(18-19-45-42)33-12-8-7-9-13-33;/h7-24H,1-6H3;/q-2;+2. The van der Waals surface area contributed by atoms with Crippen molar-refractivity contribution in [3.8, 4) is 45.3 Å². The molecule has 0 bridgehead atoms. The number of ether oxygens (including phenoxy) is 1. The molecular formula is C44H36N4OPd. The molecule has 0 aliphatic rings. The van der Waals surface area contributed by atoms with Gasteiger partial charge in [0.2, 0.25) is 0 Å². The Morgan fingerprint density at radius 2 is 1.34 bits per heavy atom. The summed E-state index contributed by atoms with van der Waals surface area (Å²) >= 11 is 0. The van der Waals surface area contributed by atoms with E-state index < -0.39 is 0 Å². The fraction of sp³-hybridized carbons (Fsp3) is 0.136. The number of rotatable bonds is 6. The Balaban J connectivity index is 0.00000392. The summed E-state index contributed by atoms with van der Waals surface area (Å²) in [4.78, 5) is 4.82. The van der Waals surface area contributed by atoms with E-state index in [0.717, 1.165) is 61.4 Å². The third-order valence-electron chi connectivity index (χ3n) is 9.28. The fourth-order valence-corrected chi connectivity index (χ4v) is 7.29. The molecule has 0 N–H and O–H groups in total. The number of para-hydroxylation sites is 1. The maximum atomic E-state index is 6.54. The summed E-state index contributed by atoms with van der Waals surface area (Å²) in [5.74, 6) is 2.03. The first-order valence-corrected chi connectivity index (χ1v) is 16.6. The van der Waals surface area contributed by atoms with Crippen molar-refractivity contribution in [2.24, 2.45) is 0 Å². The maximum Gasteiger partial charge on any atom is 2.00 e. The van der Waals surface area contributed by atoms with Crippen molar-refractivity contribution in [3.05, 3.63) is 155 Å². The Labute approximate surface area is 306 Å². The summed E-state index contributed by atoms with van der Waals surface area (Å²) in [5, 5.41) is 7.22. The van der Waals surface area contributed by atoms with Crippen molar-refractivity contribution in [2.45, 2.75) is 41.5 Å². The summed E-state index contributed by atoms with van der Waals surface area (Å²) in [6.45, 7) is 12.8. The third-order valence-corrected chi connectivity index (χ3v) is 9.28. The van der Waals surface area contributed by atoms with Crippen molar-refractivity contribution in [3.63, 3.8) is 0 Å². The first-order valence-electron chi connectivity index (χ1n) is 16.6. The molecule has 0 atom stereocenters. The van der Waals surface area contributed by atoms with Crippen LogP contribution in [0, 0.1) is 53.7 Å². The molecule has 248 valence electrons. The van der Waals surface area contributed by atoms with Crippen LogP contribution in [0.4, 0.5) is 0 Å². The van der Waals surface area contributed by atoms with Crippen molar-refractivity contribution in [1.29, 1.82) is 0 Å².